The highest BCUT2D eigenvalue weighted by atomic mass is 32.2. The summed E-state index contributed by atoms with van der Waals surface area (Å²) in [5, 5.41) is 1.87. The third-order valence-electron chi connectivity index (χ3n) is 3.08. The van der Waals surface area contributed by atoms with E-state index in [0.29, 0.717) is 10.6 Å². The first-order valence-electron chi connectivity index (χ1n) is 6.35. The number of rotatable bonds is 2. The molecule has 0 atom stereocenters. The predicted octanol–water partition coefficient (Wildman–Crippen LogP) is 1.65. The number of anilines is 1. The Balaban J connectivity index is 1.86. The largest absolute Gasteiger partial charge is 0.327 e. The van der Waals surface area contributed by atoms with Gasteiger partial charge in [-0.05, 0) is 12.1 Å². The minimum atomic E-state index is -0.317. The molecule has 1 aliphatic rings. The smallest absolute Gasteiger partial charge is 0.268 e. The van der Waals surface area contributed by atoms with Crippen LogP contribution in [0.2, 0.25) is 0 Å². The molecule has 7 heteroatoms. The molecule has 21 heavy (non-hydrogen) atoms. The minimum absolute atomic E-state index is 0.0195. The van der Waals surface area contributed by atoms with Crippen LogP contribution in [0.3, 0.4) is 0 Å². The van der Waals surface area contributed by atoms with Gasteiger partial charge in [0, 0.05) is 23.5 Å². The normalized spacial score (nSPS) is 15.2. The molecule has 108 valence electrons. The highest BCUT2D eigenvalue weighted by Crippen LogP contribution is 2.34. The van der Waals surface area contributed by atoms with Crippen LogP contribution in [0.4, 0.5) is 5.69 Å². The van der Waals surface area contributed by atoms with Gasteiger partial charge in [0.25, 0.3) is 5.91 Å². The van der Waals surface area contributed by atoms with Crippen LogP contribution in [0.5, 0.6) is 0 Å². The molecule has 0 unspecified atom stereocenters. The number of amides is 2. The van der Waals surface area contributed by atoms with Gasteiger partial charge in [-0.15, -0.1) is 23.1 Å². The summed E-state index contributed by atoms with van der Waals surface area (Å²) in [6, 6.07) is 7.61. The fourth-order valence-corrected chi connectivity index (χ4v) is 3.72. The van der Waals surface area contributed by atoms with Crippen LogP contribution in [0.15, 0.2) is 45.7 Å². The number of hydrogen-bond acceptors (Lipinski definition) is 4. The first-order valence-corrected chi connectivity index (χ1v) is 8.21. The number of carbonyl (C=O) groups excluding carboxylic acids is 2. The van der Waals surface area contributed by atoms with Crippen molar-refractivity contribution in [1.82, 2.24) is 4.57 Å². The van der Waals surface area contributed by atoms with E-state index in [1.165, 1.54) is 28.0 Å². The van der Waals surface area contributed by atoms with Gasteiger partial charge in [-0.1, -0.05) is 12.1 Å². The Morgan fingerprint density at radius 2 is 2.19 bits per heavy atom. The third-order valence-corrected chi connectivity index (χ3v) is 4.98. The van der Waals surface area contributed by atoms with E-state index in [2.05, 4.69) is 4.99 Å². The van der Waals surface area contributed by atoms with E-state index in [1.54, 1.807) is 4.57 Å². The summed E-state index contributed by atoms with van der Waals surface area (Å²) in [5.41, 5.74) is 0.790. The van der Waals surface area contributed by atoms with Crippen LogP contribution >= 0.6 is 23.1 Å². The lowest BCUT2D eigenvalue weighted by atomic mass is 10.2. The Labute approximate surface area is 129 Å². The Kier molecular flexibility index (Phi) is 3.94. The zero-order chi connectivity index (χ0) is 14.8. The Bertz CT molecular complexity index is 763. The van der Waals surface area contributed by atoms with Crippen molar-refractivity contribution < 1.29 is 9.59 Å². The predicted molar refractivity (Wildman–Crippen MR) is 83.4 cm³/mol. The van der Waals surface area contributed by atoms with Gasteiger partial charge in [-0.2, -0.15) is 4.99 Å². The van der Waals surface area contributed by atoms with Crippen molar-refractivity contribution in [3.63, 3.8) is 0 Å². The van der Waals surface area contributed by atoms with Gasteiger partial charge in [0.05, 0.1) is 11.4 Å². The van der Waals surface area contributed by atoms with Gasteiger partial charge in [0.2, 0.25) is 5.91 Å². The summed E-state index contributed by atoms with van der Waals surface area (Å²) in [6.45, 7) is -0.0195. The Morgan fingerprint density at radius 3 is 2.95 bits per heavy atom. The molecule has 0 saturated carbocycles. The Hall–Kier alpha value is -1.86. The average Bonchev–Trinajstić information content (AvgIpc) is 2.87. The highest BCUT2D eigenvalue weighted by molar-refractivity contribution is 8.00. The molecule has 0 radical (unpaired) electrons. The number of thiazole rings is 1. The number of benzene rings is 1. The SMILES string of the molecule is Cn1ccsc1=NC(=O)CN1C(=O)CSc2ccccc21. The van der Waals surface area contributed by atoms with Crippen LogP contribution in [0.25, 0.3) is 0 Å². The molecule has 2 heterocycles. The molecule has 1 aromatic carbocycles. The second-order valence-electron chi connectivity index (χ2n) is 4.54. The highest BCUT2D eigenvalue weighted by Gasteiger charge is 2.25. The molecule has 2 aromatic rings. The molecule has 1 aliphatic heterocycles. The molecule has 0 N–H and O–H groups in total. The minimum Gasteiger partial charge on any atom is -0.327 e. The monoisotopic (exact) mass is 319 g/mol. The quantitative estimate of drug-likeness (QED) is 0.846. The molecule has 0 fully saturated rings. The summed E-state index contributed by atoms with van der Waals surface area (Å²) in [7, 11) is 1.83. The Morgan fingerprint density at radius 1 is 1.38 bits per heavy atom. The molecule has 1 aromatic heterocycles. The van der Waals surface area contributed by atoms with E-state index in [9.17, 15) is 9.59 Å². The lowest BCUT2D eigenvalue weighted by Gasteiger charge is -2.27. The standard InChI is InChI=1S/C14H13N3O2S2/c1-16-6-7-20-14(16)15-12(18)8-17-10-4-2-3-5-11(10)21-9-13(17)19/h2-7H,8-9H2,1H3. The van der Waals surface area contributed by atoms with Gasteiger partial charge >= 0.3 is 0 Å². The number of carbonyl (C=O) groups is 2. The van der Waals surface area contributed by atoms with E-state index < -0.39 is 0 Å². The molecule has 0 saturated heterocycles. The lowest BCUT2D eigenvalue weighted by Crippen LogP contribution is -2.39. The second-order valence-corrected chi connectivity index (χ2v) is 6.43. The lowest BCUT2D eigenvalue weighted by molar-refractivity contribution is -0.121. The fraction of sp³-hybridized carbons (Fsp3) is 0.214. The molecule has 5 nitrogen and oxygen atoms in total. The molecule has 0 aliphatic carbocycles. The summed E-state index contributed by atoms with van der Waals surface area (Å²) in [5.74, 6) is -0.0160. The summed E-state index contributed by atoms with van der Waals surface area (Å²) >= 11 is 2.89. The van der Waals surface area contributed by atoms with Crippen molar-refractivity contribution in [2.24, 2.45) is 12.0 Å². The molecular formula is C14H13N3O2S2. The van der Waals surface area contributed by atoms with Crippen molar-refractivity contribution in [3.05, 3.63) is 40.6 Å². The number of aryl methyl sites for hydroxylation is 1. The van der Waals surface area contributed by atoms with Gasteiger partial charge in [-0.3, -0.25) is 9.59 Å². The van der Waals surface area contributed by atoms with Crippen molar-refractivity contribution in [2.75, 3.05) is 17.2 Å². The zero-order valence-electron chi connectivity index (χ0n) is 11.4. The summed E-state index contributed by atoms with van der Waals surface area (Å²) < 4.78 is 1.78. The number of thioether (sulfide) groups is 1. The average molecular weight is 319 g/mol. The van der Waals surface area contributed by atoms with Gasteiger partial charge in [0.1, 0.15) is 6.54 Å². The zero-order valence-corrected chi connectivity index (χ0v) is 13.0. The van der Waals surface area contributed by atoms with E-state index in [-0.39, 0.29) is 18.4 Å². The molecule has 3 rings (SSSR count). The first kappa shape index (κ1) is 14.1. The van der Waals surface area contributed by atoms with Gasteiger partial charge < -0.3 is 9.47 Å². The molecule has 2 amide bonds. The van der Waals surface area contributed by atoms with Crippen LogP contribution < -0.4 is 9.70 Å². The number of fused-ring (bicyclic) bond motifs is 1. The molecule has 0 spiro atoms. The van der Waals surface area contributed by atoms with Crippen LogP contribution in [0.1, 0.15) is 0 Å². The van der Waals surface area contributed by atoms with E-state index >= 15 is 0 Å². The molecular weight excluding hydrogens is 306 g/mol. The van der Waals surface area contributed by atoms with Crippen molar-refractivity contribution >= 4 is 40.6 Å². The maximum atomic E-state index is 12.1. The number of para-hydroxylation sites is 1. The number of hydrogen-bond donors (Lipinski definition) is 0. The first-order chi connectivity index (χ1) is 10.1. The maximum absolute atomic E-state index is 12.1. The maximum Gasteiger partial charge on any atom is 0.268 e. The van der Waals surface area contributed by atoms with Crippen LogP contribution in [-0.4, -0.2) is 28.7 Å². The summed E-state index contributed by atoms with van der Waals surface area (Å²) in [6.07, 6.45) is 1.84. The van der Waals surface area contributed by atoms with Gasteiger partial charge in [0.15, 0.2) is 4.80 Å². The van der Waals surface area contributed by atoms with E-state index in [0.717, 1.165) is 10.6 Å². The second kappa shape index (κ2) is 5.87. The summed E-state index contributed by atoms with van der Waals surface area (Å²) in [4.78, 5) is 31.4. The number of aromatic nitrogens is 1. The van der Waals surface area contributed by atoms with Gasteiger partial charge in [-0.25, -0.2) is 0 Å². The van der Waals surface area contributed by atoms with E-state index in [1.807, 2.05) is 42.9 Å². The van der Waals surface area contributed by atoms with Crippen LogP contribution in [-0.2, 0) is 16.6 Å². The topological polar surface area (TPSA) is 54.7 Å². The van der Waals surface area contributed by atoms with E-state index in [4.69, 9.17) is 0 Å². The van der Waals surface area contributed by atoms with Crippen molar-refractivity contribution in [1.29, 1.82) is 0 Å². The van der Waals surface area contributed by atoms with Crippen LogP contribution in [0, 0.1) is 0 Å². The molecule has 0 bridgehead atoms. The van der Waals surface area contributed by atoms with Crippen molar-refractivity contribution in [2.45, 2.75) is 4.90 Å². The number of nitrogens with zero attached hydrogens (tertiary/aromatic N) is 3. The van der Waals surface area contributed by atoms with Crippen molar-refractivity contribution in [3.8, 4) is 0 Å². The fourth-order valence-electron chi connectivity index (χ4n) is 2.04. The third kappa shape index (κ3) is 2.93.